The van der Waals surface area contributed by atoms with E-state index in [-0.39, 0.29) is 17.7 Å². The fourth-order valence-electron chi connectivity index (χ4n) is 4.67. The maximum atomic E-state index is 13.4. The standard InChI is InChI=1S/C25H20N4OS/c30-21-14-19(22-7-4-12-31-22)13-20-23(21)24(29-25(28-20)26-15-27-29)18-10-8-17(9-11-18)16-5-2-1-3-6-16/h1-12,15,19,24H,13-14H2,(H,26,27,28)/t19-,24+/m1/s1. The summed E-state index contributed by atoms with van der Waals surface area (Å²) in [7, 11) is 0. The summed E-state index contributed by atoms with van der Waals surface area (Å²) in [6, 6.07) is 22.7. The number of fused-ring (bicyclic) bond motifs is 1. The highest BCUT2D eigenvalue weighted by Gasteiger charge is 2.39. The maximum absolute atomic E-state index is 13.4. The molecule has 0 fully saturated rings. The van der Waals surface area contributed by atoms with Crippen LogP contribution in [0, 0.1) is 0 Å². The molecule has 152 valence electrons. The molecule has 1 aliphatic carbocycles. The van der Waals surface area contributed by atoms with E-state index >= 15 is 0 Å². The first-order chi connectivity index (χ1) is 15.3. The molecule has 1 N–H and O–H groups in total. The lowest BCUT2D eigenvalue weighted by molar-refractivity contribution is -0.116. The van der Waals surface area contributed by atoms with E-state index in [0.29, 0.717) is 12.4 Å². The van der Waals surface area contributed by atoms with E-state index in [1.807, 2.05) is 22.9 Å². The van der Waals surface area contributed by atoms with Crippen LogP contribution in [0.3, 0.4) is 0 Å². The largest absolute Gasteiger partial charge is 0.328 e. The zero-order chi connectivity index (χ0) is 20.8. The van der Waals surface area contributed by atoms with Gasteiger partial charge in [-0.2, -0.15) is 10.1 Å². The number of benzene rings is 2. The second-order valence-corrected chi connectivity index (χ2v) is 8.96. The molecule has 2 aliphatic rings. The fraction of sp³-hybridized carbons (Fsp3) is 0.160. The van der Waals surface area contributed by atoms with Crippen LogP contribution in [0.25, 0.3) is 11.1 Å². The number of anilines is 1. The van der Waals surface area contributed by atoms with E-state index in [4.69, 9.17) is 0 Å². The smallest absolute Gasteiger partial charge is 0.226 e. The zero-order valence-electron chi connectivity index (χ0n) is 16.7. The highest BCUT2D eigenvalue weighted by atomic mass is 32.1. The fourth-order valence-corrected chi connectivity index (χ4v) is 5.50. The normalized spacial score (nSPS) is 20.2. The van der Waals surface area contributed by atoms with Crippen LogP contribution >= 0.6 is 11.3 Å². The van der Waals surface area contributed by atoms with E-state index < -0.39 is 0 Å². The number of carbonyl (C=O) groups is 1. The third-order valence-electron chi connectivity index (χ3n) is 6.14. The van der Waals surface area contributed by atoms with Crippen molar-refractivity contribution in [1.82, 2.24) is 14.8 Å². The molecule has 0 amide bonds. The van der Waals surface area contributed by atoms with Crippen molar-refractivity contribution >= 4 is 23.1 Å². The van der Waals surface area contributed by atoms with Gasteiger partial charge in [0, 0.05) is 28.5 Å². The number of aromatic nitrogens is 3. The monoisotopic (exact) mass is 424 g/mol. The van der Waals surface area contributed by atoms with Crippen molar-refractivity contribution in [2.75, 3.05) is 5.32 Å². The number of rotatable bonds is 3. The number of carbonyl (C=O) groups excluding carboxylic acids is 1. The van der Waals surface area contributed by atoms with Crippen molar-refractivity contribution in [3.05, 3.63) is 100 Å². The number of Topliss-reactive ketones (excluding diaryl/α,β-unsaturated/α-hetero) is 1. The molecule has 2 atom stereocenters. The minimum Gasteiger partial charge on any atom is -0.328 e. The number of nitrogens with one attached hydrogen (secondary N) is 1. The van der Waals surface area contributed by atoms with E-state index in [9.17, 15) is 4.79 Å². The summed E-state index contributed by atoms with van der Waals surface area (Å²) in [6.45, 7) is 0. The molecule has 0 unspecified atom stereocenters. The summed E-state index contributed by atoms with van der Waals surface area (Å²) < 4.78 is 1.83. The molecule has 0 saturated carbocycles. The Bertz CT molecular complexity index is 1270. The first-order valence-electron chi connectivity index (χ1n) is 10.4. The number of hydrogen-bond donors (Lipinski definition) is 1. The lowest BCUT2D eigenvalue weighted by Crippen LogP contribution is -2.33. The molecule has 6 rings (SSSR count). The van der Waals surface area contributed by atoms with Crippen LogP contribution in [0.15, 0.2) is 89.7 Å². The average molecular weight is 425 g/mol. The minimum absolute atomic E-state index is 0.186. The van der Waals surface area contributed by atoms with Gasteiger partial charge < -0.3 is 5.32 Å². The summed E-state index contributed by atoms with van der Waals surface area (Å²) >= 11 is 1.72. The van der Waals surface area contributed by atoms with Gasteiger partial charge in [0.15, 0.2) is 5.78 Å². The summed E-state index contributed by atoms with van der Waals surface area (Å²) in [5.74, 6) is 1.09. The molecule has 2 aromatic heterocycles. The summed E-state index contributed by atoms with van der Waals surface area (Å²) in [5.41, 5.74) is 5.17. The van der Waals surface area contributed by atoms with Crippen LogP contribution in [-0.4, -0.2) is 20.5 Å². The SMILES string of the molecule is O=C1C[C@H](c2cccs2)CC2=C1[C@H](c1ccc(-c3ccccc3)cc1)n1ncnc1N2. The third kappa shape index (κ3) is 3.11. The Balaban J connectivity index is 1.41. The topological polar surface area (TPSA) is 59.8 Å². The van der Waals surface area contributed by atoms with Crippen LogP contribution < -0.4 is 5.32 Å². The van der Waals surface area contributed by atoms with Crippen LogP contribution in [0.1, 0.15) is 35.2 Å². The van der Waals surface area contributed by atoms with Crippen LogP contribution in [0.2, 0.25) is 0 Å². The molecule has 0 spiro atoms. The first-order valence-corrected chi connectivity index (χ1v) is 11.3. The van der Waals surface area contributed by atoms with Gasteiger partial charge in [0.25, 0.3) is 0 Å². The maximum Gasteiger partial charge on any atom is 0.226 e. The van der Waals surface area contributed by atoms with Gasteiger partial charge in [-0.05, 0) is 34.6 Å². The number of nitrogens with zero attached hydrogens (tertiary/aromatic N) is 3. The number of allylic oxidation sites excluding steroid dienone is 2. The molecule has 0 radical (unpaired) electrons. The average Bonchev–Trinajstić information content (AvgIpc) is 3.50. The third-order valence-corrected chi connectivity index (χ3v) is 7.18. The second kappa shape index (κ2) is 7.32. The lowest BCUT2D eigenvalue weighted by Gasteiger charge is -2.34. The van der Waals surface area contributed by atoms with E-state index in [2.05, 4.69) is 69.3 Å². The van der Waals surface area contributed by atoms with Gasteiger partial charge in [0.05, 0.1) is 0 Å². The minimum atomic E-state index is -0.254. The molecule has 3 heterocycles. The molecule has 4 aromatic rings. The molecule has 2 aromatic carbocycles. The lowest BCUT2D eigenvalue weighted by atomic mass is 9.80. The van der Waals surface area contributed by atoms with Crippen molar-refractivity contribution in [2.24, 2.45) is 0 Å². The molecule has 0 saturated heterocycles. The Labute approximate surface area is 184 Å². The number of thiophene rings is 1. The molecule has 1 aliphatic heterocycles. The van der Waals surface area contributed by atoms with E-state index in [0.717, 1.165) is 28.8 Å². The van der Waals surface area contributed by atoms with Gasteiger partial charge in [0.2, 0.25) is 5.95 Å². The molecular weight excluding hydrogens is 404 g/mol. The van der Waals surface area contributed by atoms with Gasteiger partial charge >= 0.3 is 0 Å². The zero-order valence-corrected chi connectivity index (χ0v) is 17.5. The summed E-state index contributed by atoms with van der Waals surface area (Å²) in [5, 5.41) is 9.91. The highest BCUT2D eigenvalue weighted by Crippen LogP contribution is 2.44. The van der Waals surface area contributed by atoms with Crippen molar-refractivity contribution in [1.29, 1.82) is 0 Å². The van der Waals surface area contributed by atoms with Gasteiger partial charge in [0.1, 0.15) is 12.4 Å². The van der Waals surface area contributed by atoms with E-state index in [1.54, 1.807) is 17.7 Å². The van der Waals surface area contributed by atoms with Gasteiger partial charge in [-0.25, -0.2) is 4.68 Å². The van der Waals surface area contributed by atoms with Crippen molar-refractivity contribution in [2.45, 2.75) is 24.8 Å². The summed E-state index contributed by atoms with van der Waals surface area (Å²) in [4.78, 5) is 19.0. The quantitative estimate of drug-likeness (QED) is 0.477. The Hall–Kier alpha value is -3.51. The second-order valence-electron chi connectivity index (χ2n) is 7.98. The van der Waals surface area contributed by atoms with Crippen molar-refractivity contribution in [3.8, 4) is 11.1 Å². The predicted molar refractivity (Wildman–Crippen MR) is 122 cm³/mol. The molecule has 5 nitrogen and oxygen atoms in total. The molecular formula is C25H20N4OS. The van der Waals surface area contributed by atoms with Crippen molar-refractivity contribution in [3.63, 3.8) is 0 Å². The predicted octanol–water partition coefficient (Wildman–Crippen LogP) is 5.42. The first kappa shape index (κ1) is 18.3. The Morgan fingerprint density at radius 3 is 2.52 bits per heavy atom. The molecule has 0 bridgehead atoms. The van der Waals surface area contributed by atoms with Crippen LogP contribution in [0.5, 0.6) is 0 Å². The number of ketones is 1. The van der Waals surface area contributed by atoms with Crippen molar-refractivity contribution < 1.29 is 4.79 Å². The highest BCUT2D eigenvalue weighted by molar-refractivity contribution is 7.10. The van der Waals surface area contributed by atoms with Crippen LogP contribution in [0.4, 0.5) is 5.95 Å². The Kier molecular flexibility index (Phi) is 4.32. The number of hydrogen-bond acceptors (Lipinski definition) is 5. The Morgan fingerprint density at radius 2 is 1.74 bits per heavy atom. The van der Waals surface area contributed by atoms with Crippen LogP contribution in [-0.2, 0) is 4.79 Å². The molecule has 6 heteroatoms. The van der Waals surface area contributed by atoms with Gasteiger partial charge in [-0.1, -0.05) is 60.7 Å². The van der Waals surface area contributed by atoms with E-state index in [1.165, 1.54) is 10.4 Å². The molecule has 31 heavy (non-hydrogen) atoms. The summed E-state index contributed by atoms with van der Waals surface area (Å²) in [6.07, 6.45) is 2.89. The Morgan fingerprint density at radius 1 is 0.935 bits per heavy atom. The van der Waals surface area contributed by atoms with Gasteiger partial charge in [-0.3, -0.25) is 4.79 Å². The van der Waals surface area contributed by atoms with Gasteiger partial charge in [-0.15, -0.1) is 11.3 Å².